The lowest BCUT2D eigenvalue weighted by Crippen LogP contribution is -2.37. The van der Waals surface area contributed by atoms with E-state index in [4.69, 9.17) is 4.74 Å². The Bertz CT molecular complexity index is 1510. The first-order valence-corrected chi connectivity index (χ1v) is 14.2. The molecule has 6 heteroatoms. The third-order valence-corrected chi connectivity index (χ3v) is 7.97. The van der Waals surface area contributed by atoms with Crippen molar-refractivity contribution >= 4 is 34.0 Å². The number of ketones is 1. The van der Waals surface area contributed by atoms with Gasteiger partial charge in [-0.25, -0.2) is 0 Å². The number of hydrogen-bond donors (Lipinski definition) is 1. The molecule has 1 aliphatic heterocycles. The van der Waals surface area contributed by atoms with Gasteiger partial charge in [-0.15, -0.1) is 6.58 Å². The molecule has 4 aromatic rings. The number of carbonyl (C=O) groups is 2. The van der Waals surface area contributed by atoms with E-state index in [0.717, 1.165) is 59.5 Å². The lowest BCUT2D eigenvalue weighted by atomic mass is 10.1. The van der Waals surface area contributed by atoms with Gasteiger partial charge in [-0.2, -0.15) is 0 Å². The van der Waals surface area contributed by atoms with Gasteiger partial charge < -0.3 is 19.5 Å². The third kappa shape index (κ3) is 5.87. The monoisotopic (exact) mass is 533 g/mol. The van der Waals surface area contributed by atoms with Crippen LogP contribution in [0, 0.1) is 5.92 Å². The number of nitrogens with zero attached hydrogens (tertiary/aromatic N) is 2. The fourth-order valence-corrected chi connectivity index (χ4v) is 5.47. The third-order valence-electron chi connectivity index (χ3n) is 7.97. The Balaban J connectivity index is 1.08. The standard InChI is InChI=1S/C34H35N3O3/c1-2-21-40-31-16-18-36(19-17-31)29-10-7-26(8-11-29)34(39)35-28-9-14-32-27(23-28)15-20-37(32)30-12-5-25(6-13-30)33(38)22-24-3-4-24/h2,5-15,20,23-24,31H,1,3-4,16-19,21-22H2,(H,35,39). The van der Waals surface area contributed by atoms with Crippen LogP contribution in [0.15, 0.2) is 91.6 Å². The SMILES string of the molecule is C=CCOC1CCN(c2ccc(C(=O)Nc3ccc4c(ccn4-c4ccc(C(=O)CC5CC5)cc4)c3)cc2)CC1. The summed E-state index contributed by atoms with van der Waals surface area (Å²) in [7, 11) is 0. The Morgan fingerprint density at radius 1 is 0.875 bits per heavy atom. The maximum absolute atomic E-state index is 13.0. The maximum atomic E-state index is 13.0. The topological polar surface area (TPSA) is 63.6 Å². The van der Waals surface area contributed by atoms with E-state index in [0.29, 0.717) is 30.6 Å². The molecule has 0 bridgehead atoms. The molecule has 1 saturated heterocycles. The predicted octanol–water partition coefficient (Wildman–Crippen LogP) is 7.04. The largest absolute Gasteiger partial charge is 0.374 e. The number of Topliss-reactive ketones (excluding diaryl/α,β-unsaturated/α-hetero) is 1. The van der Waals surface area contributed by atoms with Crippen LogP contribution in [0.5, 0.6) is 0 Å². The Kier molecular flexibility index (Phi) is 7.51. The number of amides is 1. The molecule has 204 valence electrons. The molecule has 3 aromatic carbocycles. The smallest absolute Gasteiger partial charge is 0.255 e. The molecule has 1 aliphatic carbocycles. The summed E-state index contributed by atoms with van der Waals surface area (Å²) < 4.78 is 7.89. The zero-order valence-corrected chi connectivity index (χ0v) is 22.7. The summed E-state index contributed by atoms with van der Waals surface area (Å²) in [5.41, 5.74) is 5.33. The van der Waals surface area contributed by atoms with E-state index in [1.807, 2.05) is 79.0 Å². The van der Waals surface area contributed by atoms with Gasteiger partial charge in [0.15, 0.2) is 5.78 Å². The highest BCUT2D eigenvalue weighted by molar-refractivity contribution is 6.05. The fourth-order valence-electron chi connectivity index (χ4n) is 5.47. The molecule has 0 radical (unpaired) electrons. The van der Waals surface area contributed by atoms with Crippen molar-refractivity contribution < 1.29 is 14.3 Å². The van der Waals surface area contributed by atoms with Crippen LogP contribution >= 0.6 is 0 Å². The van der Waals surface area contributed by atoms with Crippen molar-refractivity contribution in [3.63, 3.8) is 0 Å². The van der Waals surface area contributed by atoms with Gasteiger partial charge in [0, 0.05) is 59.3 Å². The second-order valence-corrected chi connectivity index (χ2v) is 10.9. The normalized spacial score (nSPS) is 15.8. The quantitative estimate of drug-likeness (QED) is 0.175. The molecule has 0 atom stereocenters. The average Bonchev–Trinajstić information content (AvgIpc) is 3.71. The molecule has 40 heavy (non-hydrogen) atoms. The zero-order valence-electron chi connectivity index (χ0n) is 22.7. The van der Waals surface area contributed by atoms with Gasteiger partial charge >= 0.3 is 0 Å². The maximum Gasteiger partial charge on any atom is 0.255 e. The molecule has 1 amide bonds. The number of ether oxygens (including phenoxy) is 1. The Labute approximate surface area is 235 Å². The van der Waals surface area contributed by atoms with E-state index in [2.05, 4.69) is 21.4 Å². The van der Waals surface area contributed by atoms with Crippen molar-refractivity contribution in [2.45, 2.75) is 38.2 Å². The Morgan fingerprint density at radius 3 is 2.27 bits per heavy atom. The minimum atomic E-state index is -0.131. The summed E-state index contributed by atoms with van der Waals surface area (Å²) in [5.74, 6) is 0.690. The number of piperidine rings is 1. The number of carbonyl (C=O) groups excluding carboxylic acids is 2. The summed E-state index contributed by atoms with van der Waals surface area (Å²) >= 11 is 0. The van der Waals surface area contributed by atoms with Gasteiger partial charge in [0.05, 0.1) is 18.2 Å². The minimum absolute atomic E-state index is 0.131. The number of aromatic nitrogens is 1. The van der Waals surface area contributed by atoms with E-state index in [-0.39, 0.29) is 11.7 Å². The van der Waals surface area contributed by atoms with E-state index >= 15 is 0 Å². The molecule has 1 aromatic heterocycles. The van der Waals surface area contributed by atoms with Crippen molar-refractivity contribution in [1.29, 1.82) is 0 Å². The summed E-state index contributed by atoms with van der Waals surface area (Å²) in [6, 6.07) is 23.6. The molecule has 1 N–H and O–H groups in total. The number of anilines is 2. The highest BCUT2D eigenvalue weighted by Crippen LogP contribution is 2.33. The van der Waals surface area contributed by atoms with Crippen molar-refractivity contribution in [2.75, 3.05) is 29.9 Å². The number of benzene rings is 3. The molecule has 6 rings (SSSR count). The first kappa shape index (κ1) is 26.1. The van der Waals surface area contributed by atoms with Crippen LogP contribution in [0.4, 0.5) is 11.4 Å². The van der Waals surface area contributed by atoms with Crippen LogP contribution in [0.3, 0.4) is 0 Å². The van der Waals surface area contributed by atoms with E-state index in [1.165, 1.54) is 12.8 Å². The van der Waals surface area contributed by atoms with Crippen molar-refractivity contribution in [3.05, 3.63) is 103 Å². The number of fused-ring (bicyclic) bond motifs is 1. The minimum Gasteiger partial charge on any atom is -0.374 e. The van der Waals surface area contributed by atoms with Crippen molar-refractivity contribution in [3.8, 4) is 5.69 Å². The first-order chi connectivity index (χ1) is 19.6. The molecular formula is C34H35N3O3. The number of nitrogens with one attached hydrogen (secondary N) is 1. The summed E-state index contributed by atoms with van der Waals surface area (Å²) in [6.07, 6.45) is 9.12. The van der Waals surface area contributed by atoms with Gasteiger partial charge in [-0.3, -0.25) is 9.59 Å². The zero-order chi connectivity index (χ0) is 27.5. The predicted molar refractivity (Wildman–Crippen MR) is 161 cm³/mol. The van der Waals surface area contributed by atoms with Crippen LogP contribution in [-0.2, 0) is 4.74 Å². The van der Waals surface area contributed by atoms with Crippen LogP contribution in [0.1, 0.15) is 52.8 Å². The van der Waals surface area contributed by atoms with Crippen molar-refractivity contribution in [1.82, 2.24) is 4.57 Å². The van der Waals surface area contributed by atoms with E-state index < -0.39 is 0 Å². The second kappa shape index (κ2) is 11.5. The number of rotatable bonds is 10. The molecular weight excluding hydrogens is 498 g/mol. The first-order valence-electron chi connectivity index (χ1n) is 14.2. The molecule has 1 saturated carbocycles. The second-order valence-electron chi connectivity index (χ2n) is 10.9. The van der Waals surface area contributed by atoms with Crippen molar-refractivity contribution in [2.24, 2.45) is 5.92 Å². The summed E-state index contributed by atoms with van der Waals surface area (Å²) in [6.45, 7) is 6.20. The van der Waals surface area contributed by atoms with Crippen LogP contribution in [-0.4, -0.2) is 42.1 Å². The Hall–Kier alpha value is -4.16. The van der Waals surface area contributed by atoms with Gasteiger partial charge in [0.1, 0.15) is 0 Å². The molecule has 2 fully saturated rings. The highest BCUT2D eigenvalue weighted by atomic mass is 16.5. The molecule has 0 spiro atoms. The lowest BCUT2D eigenvalue weighted by molar-refractivity contribution is 0.0563. The van der Waals surface area contributed by atoms with E-state index in [1.54, 1.807) is 6.08 Å². The van der Waals surface area contributed by atoms with Gasteiger partial charge in [-0.1, -0.05) is 6.08 Å². The fraction of sp³-hybridized carbons (Fsp3) is 0.294. The van der Waals surface area contributed by atoms with Crippen LogP contribution < -0.4 is 10.2 Å². The molecule has 2 aliphatic rings. The average molecular weight is 534 g/mol. The summed E-state index contributed by atoms with van der Waals surface area (Å²) in [5, 5.41) is 4.07. The van der Waals surface area contributed by atoms with E-state index in [9.17, 15) is 9.59 Å². The summed E-state index contributed by atoms with van der Waals surface area (Å²) in [4.78, 5) is 27.7. The molecule has 2 heterocycles. The van der Waals surface area contributed by atoms with Crippen LogP contribution in [0.2, 0.25) is 0 Å². The molecule has 0 unspecified atom stereocenters. The Morgan fingerprint density at radius 2 is 1.57 bits per heavy atom. The lowest BCUT2D eigenvalue weighted by Gasteiger charge is -2.33. The van der Waals surface area contributed by atoms with Gasteiger partial charge in [0.25, 0.3) is 5.91 Å². The van der Waals surface area contributed by atoms with Gasteiger partial charge in [-0.05, 0) is 104 Å². The van der Waals surface area contributed by atoms with Crippen LogP contribution in [0.25, 0.3) is 16.6 Å². The van der Waals surface area contributed by atoms with Gasteiger partial charge in [0.2, 0.25) is 0 Å². The highest BCUT2D eigenvalue weighted by Gasteiger charge is 2.25. The number of hydrogen-bond acceptors (Lipinski definition) is 4. The molecule has 6 nitrogen and oxygen atoms in total.